The summed E-state index contributed by atoms with van der Waals surface area (Å²) in [5, 5.41) is 0. The Hall–Kier alpha value is -0.520. The number of hydrogen-bond donors (Lipinski definition) is 0. The molecule has 12 heavy (non-hydrogen) atoms. The molecule has 0 heterocycles. The Morgan fingerprint density at radius 3 is 2.42 bits per heavy atom. The molecule has 0 heteroatoms. The maximum absolute atomic E-state index is 2.32. The second kappa shape index (κ2) is 7.15. The molecule has 0 aliphatic rings. The number of rotatable bonds is 5. The Kier molecular flexibility index (Phi) is 6.84. The second-order valence-electron chi connectivity index (χ2n) is 3.37. The van der Waals surface area contributed by atoms with Gasteiger partial charge in [-0.3, -0.25) is 0 Å². The average Bonchev–Trinajstić information content (AvgIpc) is 2.11. The molecule has 0 saturated carbocycles. The van der Waals surface area contributed by atoms with Crippen LogP contribution in [0.25, 0.3) is 0 Å². The van der Waals surface area contributed by atoms with Crippen molar-refractivity contribution in [2.75, 3.05) is 0 Å². The van der Waals surface area contributed by atoms with Crippen LogP contribution in [0, 0.1) is 5.92 Å². The van der Waals surface area contributed by atoms with Gasteiger partial charge in [-0.15, -0.1) is 0 Å². The molecule has 0 spiro atoms. The van der Waals surface area contributed by atoms with Gasteiger partial charge in [-0.1, -0.05) is 30.7 Å². The first kappa shape index (κ1) is 11.5. The van der Waals surface area contributed by atoms with E-state index in [2.05, 4.69) is 45.9 Å². The molecule has 0 aromatic heterocycles. The molecule has 1 unspecified atom stereocenters. The van der Waals surface area contributed by atoms with Crippen molar-refractivity contribution in [3.8, 4) is 0 Å². The van der Waals surface area contributed by atoms with Gasteiger partial charge in [0.25, 0.3) is 0 Å². The van der Waals surface area contributed by atoms with Crippen molar-refractivity contribution in [2.24, 2.45) is 5.92 Å². The van der Waals surface area contributed by atoms with Crippen LogP contribution < -0.4 is 0 Å². The van der Waals surface area contributed by atoms with E-state index in [0.717, 1.165) is 5.92 Å². The quantitative estimate of drug-likeness (QED) is 0.533. The van der Waals surface area contributed by atoms with Crippen LogP contribution >= 0.6 is 0 Å². The van der Waals surface area contributed by atoms with Gasteiger partial charge < -0.3 is 0 Å². The minimum absolute atomic E-state index is 0.782. The first-order valence-electron chi connectivity index (χ1n) is 4.99. The van der Waals surface area contributed by atoms with Gasteiger partial charge in [0.1, 0.15) is 0 Å². The van der Waals surface area contributed by atoms with Gasteiger partial charge >= 0.3 is 0 Å². The lowest BCUT2D eigenvalue weighted by atomic mass is 9.97. The highest BCUT2D eigenvalue weighted by Crippen LogP contribution is 2.16. The Balaban J connectivity index is 3.72. The van der Waals surface area contributed by atoms with E-state index in [9.17, 15) is 0 Å². The monoisotopic (exact) mass is 166 g/mol. The third-order valence-electron chi connectivity index (χ3n) is 2.39. The predicted molar refractivity (Wildman–Crippen MR) is 57.3 cm³/mol. The van der Waals surface area contributed by atoms with E-state index in [4.69, 9.17) is 0 Å². The zero-order chi connectivity index (χ0) is 9.40. The lowest BCUT2D eigenvalue weighted by molar-refractivity contribution is 0.570. The third-order valence-corrected chi connectivity index (χ3v) is 2.39. The molecule has 0 fully saturated rings. The lowest BCUT2D eigenvalue weighted by Crippen LogP contribution is -1.94. The molecule has 0 rings (SSSR count). The fourth-order valence-corrected chi connectivity index (χ4v) is 1.27. The summed E-state index contributed by atoms with van der Waals surface area (Å²) in [4.78, 5) is 0. The molecule has 1 atom stereocenters. The van der Waals surface area contributed by atoms with Crippen LogP contribution in [-0.2, 0) is 0 Å². The third kappa shape index (κ3) is 5.17. The van der Waals surface area contributed by atoms with Crippen LogP contribution in [0.5, 0.6) is 0 Å². The van der Waals surface area contributed by atoms with Crippen molar-refractivity contribution in [3.63, 3.8) is 0 Å². The van der Waals surface area contributed by atoms with Gasteiger partial charge in [-0.2, -0.15) is 0 Å². The maximum Gasteiger partial charge on any atom is -0.0233 e. The Bertz CT molecular complexity index is 151. The minimum Gasteiger partial charge on any atom is -0.0914 e. The van der Waals surface area contributed by atoms with E-state index in [1.54, 1.807) is 0 Å². The van der Waals surface area contributed by atoms with E-state index in [-0.39, 0.29) is 0 Å². The largest absolute Gasteiger partial charge is 0.0914 e. The molecule has 0 bridgehead atoms. The molecule has 0 N–H and O–H groups in total. The van der Waals surface area contributed by atoms with Crippen LogP contribution in [0.2, 0.25) is 0 Å². The highest BCUT2D eigenvalue weighted by atomic mass is 14.1. The molecule has 0 aromatic rings. The van der Waals surface area contributed by atoms with Gasteiger partial charge in [-0.05, 0) is 46.0 Å². The van der Waals surface area contributed by atoms with E-state index in [0.29, 0.717) is 0 Å². The standard InChI is InChI=1S/C12H22/c1-5-8-12(7-3)10-9-11(4)6-2/h5-6,8,12H,7,9-10H2,1-4H3. The van der Waals surface area contributed by atoms with Gasteiger partial charge in [0.05, 0.1) is 0 Å². The van der Waals surface area contributed by atoms with Gasteiger partial charge in [0, 0.05) is 0 Å². The van der Waals surface area contributed by atoms with Gasteiger partial charge in [-0.25, -0.2) is 0 Å². The fraction of sp³-hybridized carbons (Fsp3) is 0.667. The lowest BCUT2D eigenvalue weighted by Gasteiger charge is -2.09. The summed E-state index contributed by atoms with van der Waals surface area (Å²) in [6.07, 6.45) is 10.5. The van der Waals surface area contributed by atoms with Crippen LogP contribution in [0.15, 0.2) is 23.8 Å². The second-order valence-corrected chi connectivity index (χ2v) is 3.37. The number of hydrogen-bond acceptors (Lipinski definition) is 0. The average molecular weight is 166 g/mol. The summed E-state index contributed by atoms with van der Waals surface area (Å²) in [7, 11) is 0. The van der Waals surface area contributed by atoms with E-state index in [1.165, 1.54) is 24.8 Å². The first-order valence-corrected chi connectivity index (χ1v) is 4.99. The number of allylic oxidation sites excluding steroid dienone is 4. The first-order chi connectivity index (χ1) is 5.74. The highest BCUT2D eigenvalue weighted by Gasteiger charge is 2.00. The normalized spacial score (nSPS) is 15.5. The topological polar surface area (TPSA) is 0 Å². The van der Waals surface area contributed by atoms with Crippen LogP contribution in [0.3, 0.4) is 0 Å². The van der Waals surface area contributed by atoms with E-state index < -0.39 is 0 Å². The molecule has 0 saturated heterocycles. The smallest absolute Gasteiger partial charge is 0.0233 e. The molecule has 70 valence electrons. The Labute approximate surface area is 77.4 Å². The summed E-state index contributed by atoms with van der Waals surface area (Å²) in [6.45, 7) is 8.69. The predicted octanol–water partition coefficient (Wildman–Crippen LogP) is 4.34. The molecule has 0 aromatic carbocycles. The van der Waals surface area contributed by atoms with E-state index in [1.807, 2.05) is 0 Å². The zero-order valence-corrected chi connectivity index (χ0v) is 8.93. The van der Waals surface area contributed by atoms with Crippen molar-refractivity contribution < 1.29 is 0 Å². The Morgan fingerprint density at radius 2 is 2.00 bits per heavy atom. The van der Waals surface area contributed by atoms with Crippen LogP contribution in [0.4, 0.5) is 0 Å². The Morgan fingerprint density at radius 1 is 1.33 bits per heavy atom. The van der Waals surface area contributed by atoms with Crippen molar-refractivity contribution in [1.82, 2.24) is 0 Å². The van der Waals surface area contributed by atoms with Crippen molar-refractivity contribution in [2.45, 2.75) is 47.0 Å². The van der Waals surface area contributed by atoms with Crippen molar-refractivity contribution in [3.05, 3.63) is 23.8 Å². The molecular weight excluding hydrogens is 144 g/mol. The summed E-state index contributed by atoms with van der Waals surface area (Å²) >= 11 is 0. The van der Waals surface area contributed by atoms with Crippen LogP contribution in [-0.4, -0.2) is 0 Å². The summed E-state index contributed by atoms with van der Waals surface area (Å²) in [5.41, 5.74) is 1.51. The molecule has 0 radical (unpaired) electrons. The van der Waals surface area contributed by atoms with Gasteiger partial charge in [0.2, 0.25) is 0 Å². The summed E-state index contributed by atoms with van der Waals surface area (Å²) in [6, 6.07) is 0. The molecule has 0 nitrogen and oxygen atoms in total. The van der Waals surface area contributed by atoms with Crippen molar-refractivity contribution in [1.29, 1.82) is 0 Å². The molecule has 0 aliphatic carbocycles. The van der Waals surface area contributed by atoms with Crippen molar-refractivity contribution >= 4 is 0 Å². The minimum atomic E-state index is 0.782. The molecule has 0 aliphatic heterocycles. The summed E-state index contributed by atoms with van der Waals surface area (Å²) < 4.78 is 0. The SMILES string of the molecule is CC=CC(CC)CCC(C)=CC. The van der Waals surface area contributed by atoms with Crippen LogP contribution in [0.1, 0.15) is 47.0 Å². The molecular formula is C12H22. The highest BCUT2D eigenvalue weighted by molar-refractivity contribution is 4.97. The van der Waals surface area contributed by atoms with Gasteiger partial charge in [0.15, 0.2) is 0 Å². The maximum atomic E-state index is 2.32. The zero-order valence-electron chi connectivity index (χ0n) is 8.93. The fourth-order valence-electron chi connectivity index (χ4n) is 1.27. The molecule has 0 amide bonds. The van der Waals surface area contributed by atoms with E-state index >= 15 is 0 Å². The summed E-state index contributed by atoms with van der Waals surface area (Å²) in [5.74, 6) is 0.782.